The smallest absolute Gasteiger partial charge is 0.254 e. The maximum absolute atomic E-state index is 12.7. The van der Waals surface area contributed by atoms with E-state index in [1.807, 2.05) is 72.8 Å². The summed E-state index contributed by atoms with van der Waals surface area (Å²) in [5.41, 5.74) is 3.06. The lowest BCUT2D eigenvalue weighted by atomic mass is 10.1. The van der Waals surface area contributed by atoms with E-state index < -0.39 is 6.04 Å². The molecule has 1 unspecified atom stereocenters. The molecule has 0 bridgehead atoms. The normalized spacial score (nSPS) is 11.3. The second-order valence-corrected chi connectivity index (χ2v) is 6.44. The van der Waals surface area contributed by atoms with Crippen LogP contribution in [0.5, 0.6) is 0 Å². The molecule has 0 fully saturated rings. The molecule has 5 nitrogen and oxygen atoms in total. The molecule has 0 aliphatic rings. The van der Waals surface area contributed by atoms with Crippen LogP contribution in [0.4, 0.5) is 11.4 Å². The van der Waals surface area contributed by atoms with Gasteiger partial charge < -0.3 is 16.0 Å². The number of hydrogen-bond acceptors (Lipinski definition) is 3. The van der Waals surface area contributed by atoms with E-state index in [2.05, 4.69) is 16.0 Å². The van der Waals surface area contributed by atoms with Gasteiger partial charge in [0, 0.05) is 12.2 Å². The number of nitrogens with one attached hydrogen (secondary N) is 3. The van der Waals surface area contributed by atoms with Crippen molar-refractivity contribution in [2.24, 2.45) is 0 Å². The van der Waals surface area contributed by atoms with Crippen LogP contribution in [-0.2, 0) is 11.3 Å². The Morgan fingerprint density at radius 2 is 1.43 bits per heavy atom. The second-order valence-electron chi connectivity index (χ2n) is 6.44. The SMILES string of the molecule is CC(NC(=O)c1ccccc1Nc1ccccc1)C(=O)NCc1ccccc1. The first-order valence-corrected chi connectivity index (χ1v) is 9.17. The molecule has 0 saturated heterocycles. The van der Waals surface area contributed by atoms with Gasteiger partial charge in [-0.1, -0.05) is 60.7 Å². The molecule has 3 aromatic rings. The lowest BCUT2D eigenvalue weighted by Crippen LogP contribution is -2.44. The molecule has 1 atom stereocenters. The molecular weight excluding hydrogens is 350 g/mol. The summed E-state index contributed by atoms with van der Waals surface area (Å²) in [6, 6.07) is 25.8. The highest BCUT2D eigenvalue weighted by molar-refractivity contribution is 6.02. The Morgan fingerprint density at radius 3 is 2.14 bits per heavy atom. The Bertz CT molecular complexity index is 927. The largest absolute Gasteiger partial charge is 0.355 e. The number of carbonyl (C=O) groups excluding carboxylic acids is 2. The Morgan fingerprint density at radius 1 is 0.821 bits per heavy atom. The summed E-state index contributed by atoms with van der Waals surface area (Å²) in [7, 11) is 0. The van der Waals surface area contributed by atoms with Gasteiger partial charge in [0.25, 0.3) is 5.91 Å². The van der Waals surface area contributed by atoms with Crippen molar-refractivity contribution < 1.29 is 9.59 Å². The van der Waals surface area contributed by atoms with Crippen LogP contribution in [0.1, 0.15) is 22.8 Å². The number of hydrogen-bond donors (Lipinski definition) is 3. The van der Waals surface area contributed by atoms with Gasteiger partial charge in [-0.05, 0) is 36.8 Å². The average molecular weight is 373 g/mol. The fourth-order valence-electron chi connectivity index (χ4n) is 2.75. The number of carbonyl (C=O) groups is 2. The van der Waals surface area contributed by atoms with Crippen LogP contribution < -0.4 is 16.0 Å². The third-order valence-electron chi connectivity index (χ3n) is 4.27. The molecule has 28 heavy (non-hydrogen) atoms. The topological polar surface area (TPSA) is 70.2 Å². The zero-order valence-electron chi connectivity index (χ0n) is 15.7. The van der Waals surface area contributed by atoms with Gasteiger partial charge in [-0.2, -0.15) is 0 Å². The van der Waals surface area contributed by atoms with Crippen LogP contribution in [0.15, 0.2) is 84.9 Å². The van der Waals surface area contributed by atoms with E-state index >= 15 is 0 Å². The molecule has 0 aliphatic heterocycles. The third-order valence-corrected chi connectivity index (χ3v) is 4.27. The van der Waals surface area contributed by atoms with Crippen LogP contribution in [-0.4, -0.2) is 17.9 Å². The molecule has 0 radical (unpaired) electrons. The van der Waals surface area contributed by atoms with Gasteiger partial charge in [-0.3, -0.25) is 9.59 Å². The summed E-state index contributed by atoms with van der Waals surface area (Å²) in [6.07, 6.45) is 0. The molecule has 3 N–H and O–H groups in total. The zero-order valence-corrected chi connectivity index (χ0v) is 15.7. The van der Waals surface area contributed by atoms with E-state index in [4.69, 9.17) is 0 Å². The predicted octanol–water partition coefficient (Wildman–Crippen LogP) is 3.86. The molecular formula is C23H23N3O2. The third kappa shape index (κ3) is 5.20. The summed E-state index contributed by atoms with van der Waals surface area (Å²) >= 11 is 0. The van der Waals surface area contributed by atoms with Gasteiger partial charge in [-0.15, -0.1) is 0 Å². The molecule has 3 aromatic carbocycles. The van der Waals surface area contributed by atoms with Crippen LogP contribution in [0.25, 0.3) is 0 Å². The van der Waals surface area contributed by atoms with Gasteiger partial charge in [0.1, 0.15) is 6.04 Å². The fourth-order valence-corrected chi connectivity index (χ4v) is 2.75. The van der Waals surface area contributed by atoms with Crippen molar-refractivity contribution in [1.82, 2.24) is 10.6 Å². The van der Waals surface area contributed by atoms with Crippen LogP contribution in [0.3, 0.4) is 0 Å². The molecule has 0 aliphatic carbocycles. The summed E-state index contributed by atoms with van der Waals surface area (Å²) in [5.74, 6) is -0.535. The lowest BCUT2D eigenvalue weighted by molar-refractivity contribution is -0.122. The van der Waals surface area contributed by atoms with Gasteiger partial charge >= 0.3 is 0 Å². The lowest BCUT2D eigenvalue weighted by Gasteiger charge is -2.16. The van der Waals surface area contributed by atoms with Crippen LogP contribution >= 0.6 is 0 Å². The first kappa shape index (κ1) is 19.2. The Hall–Kier alpha value is -3.60. The predicted molar refractivity (Wildman–Crippen MR) is 111 cm³/mol. The minimum absolute atomic E-state index is 0.231. The van der Waals surface area contributed by atoms with E-state index in [0.717, 1.165) is 11.3 Å². The van der Waals surface area contributed by atoms with Gasteiger partial charge in [0.15, 0.2) is 0 Å². The van der Waals surface area contributed by atoms with E-state index in [0.29, 0.717) is 17.8 Å². The number of anilines is 2. The van der Waals surface area contributed by atoms with Gasteiger partial charge in [-0.25, -0.2) is 0 Å². The highest BCUT2D eigenvalue weighted by Gasteiger charge is 2.18. The maximum atomic E-state index is 12.7. The van der Waals surface area contributed by atoms with E-state index in [9.17, 15) is 9.59 Å². The van der Waals surface area contributed by atoms with Crippen LogP contribution in [0, 0.1) is 0 Å². The van der Waals surface area contributed by atoms with Crippen molar-refractivity contribution in [3.05, 3.63) is 96.1 Å². The Labute approximate surface area is 164 Å². The van der Waals surface area contributed by atoms with E-state index in [1.165, 1.54) is 0 Å². The molecule has 3 rings (SSSR count). The summed E-state index contributed by atoms with van der Waals surface area (Å²) in [5, 5.41) is 8.85. The van der Waals surface area contributed by atoms with Crippen molar-refractivity contribution in [2.45, 2.75) is 19.5 Å². The molecule has 0 saturated carbocycles. The monoisotopic (exact) mass is 373 g/mol. The van der Waals surface area contributed by atoms with Crippen molar-refractivity contribution in [3.63, 3.8) is 0 Å². The quantitative estimate of drug-likeness (QED) is 0.589. The highest BCUT2D eigenvalue weighted by Crippen LogP contribution is 2.20. The standard InChI is InChI=1S/C23H23N3O2/c1-17(22(27)24-16-18-10-4-2-5-11-18)25-23(28)20-14-8-9-15-21(20)26-19-12-6-3-7-13-19/h2-15,17,26H,16H2,1H3,(H,24,27)(H,25,28). The molecule has 0 spiro atoms. The highest BCUT2D eigenvalue weighted by atomic mass is 16.2. The van der Waals surface area contributed by atoms with Crippen molar-refractivity contribution >= 4 is 23.2 Å². The number of amides is 2. The number of para-hydroxylation sites is 2. The molecule has 142 valence electrons. The average Bonchev–Trinajstić information content (AvgIpc) is 2.73. The number of benzene rings is 3. The molecule has 5 heteroatoms. The van der Waals surface area contributed by atoms with E-state index in [1.54, 1.807) is 19.1 Å². The fraction of sp³-hybridized carbons (Fsp3) is 0.130. The Kier molecular flexibility index (Phi) is 6.41. The minimum Gasteiger partial charge on any atom is -0.355 e. The zero-order chi connectivity index (χ0) is 19.8. The van der Waals surface area contributed by atoms with Crippen LogP contribution in [0.2, 0.25) is 0 Å². The summed E-state index contributed by atoms with van der Waals surface area (Å²) < 4.78 is 0. The Balaban J connectivity index is 1.61. The first-order valence-electron chi connectivity index (χ1n) is 9.17. The van der Waals surface area contributed by atoms with Gasteiger partial charge in [0.2, 0.25) is 5.91 Å². The summed E-state index contributed by atoms with van der Waals surface area (Å²) in [6.45, 7) is 2.09. The van der Waals surface area contributed by atoms with Crippen molar-refractivity contribution in [3.8, 4) is 0 Å². The number of rotatable bonds is 7. The molecule has 2 amide bonds. The second kappa shape index (κ2) is 9.37. The van der Waals surface area contributed by atoms with Gasteiger partial charge in [0.05, 0.1) is 11.3 Å². The van der Waals surface area contributed by atoms with Crippen molar-refractivity contribution in [2.75, 3.05) is 5.32 Å². The molecule has 0 aromatic heterocycles. The molecule has 0 heterocycles. The van der Waals surface area contributed by atoms with Crippen molar-refractivity contribution in [1.29, 1.82) is 0 Å². The maximum Gasteiger partial charge on any atom is 0.254 e. The van der Waals surface area contributed by atoms with E-state index in [-0.39, 0.29) is 11.8 Å². The minimum atomic E-state index is -0.652. The summed E-state index contributed by atoms with van der Waals surface area (Å²) in [4.78, 5) is 25.0. The first-order chi connectivity index (χ1) is 13.6.